The van der Waals surface area contributed by atoms with Crippen molar-refractivity contribution in [3.63, 3.8) is 0 Å². The summed E-state index contributed by atoms with van der Waals surface area (Å²) in [7, 11) is 1.94. The van der Waals surface area contributed by atoms with Crippen LogP contribution < -0.4 is 16.0 Å². The Labute approximate surface area is 176 Å². The van der Waals surface area contributed by atoms with Crippen LogP contribution in [0.1, 0.15) is 47.8 Å². The number of thiazole rings is 1. The molecule has 1 aromatic carbocycles. The molecule has 0 bridgehead atoms. The van der Waals surface area contributed by atoms with Gasteiger partial charge in [0.05, 0.1) is 6.20 Å². The number of hydrogen-bond donors (Lipinski definition) is 4. The van der Waals surface area contributed by atoms with Crippen LogP contribution in [-0.2, 0) is 6.42 Å². The van der Waals surface area contributed by atoms with E-state index in [1.165, 1.54) is 22.3 Å². The SMILES string of the molecule is CCCCC(Cc1c[nH]c2ccccc12)NC(=O)c1cnc(NCCCNC)s1. The summed E-state index contributed by atoms with van der Waals surface area (Å²) in [6.07, 6.45) is 8.75. The lowest BCUT2D eigenvalue weighted by Gasteiger charge is -2.18. The fourth-order valence-corrected chi connectivity index (χ4v) is 4.16. The minimum Gasteiger partial charge on any atom is -0.361 e. The maximum atomic E-state index is 12.8. The summed E-state index contributed by atoms with van der Waals surface area (Å²) in [6, 6.07) is 8.42. The van der Waals surface area contributed by atoms with E-state index in [0.29, 0.717) is 4.88 Å². The quantitative estimate of drug-likeness (QED) is 0.336. The van der Waals surface area contributed by atoms with Gasteiger partial charge in [0, 0.05) is 29.7 Å². The van der Waals surface area contributed by atoms with Crippen molar-refractivity contribution in [3.8, 4) is 0 Å². The molecule has 2 heterocycles. The second kappa shape index (κ2) is 11.0. The predicted octanol–water partition coefficient (Wildman–Crippen LogP) is 4.18. The fraction of sp³-hybridized carbons (Fsp3) is 0.455. The average Bonchev–Trinajstić information content (AvgIpc) is 3.37. The van der Waals surface area contributed by atoms with Crippen molar-refractivity contribution >= 4 is 33.3 Å². The van der Waals surface area contributed by atoms with Crippen molar-refractivity contribution < 1.29 is 4.79 Å². The summed E-state index contributed by atoms with van der Waals surface area (Å²) in [5.41, 5.74) is 2.39. The number of rotatable bonds is 12. The fourth-order valence-electron chi connectivity index (χ4n) is 3.42. The summed E-state index contributed by atoms with van der Waals surface area (Å²) in [5, 5.41) is 11.7. The van der Waals surface area contributed by atoms with Crippen LogP contribution in [0.15, 0.2) is 36.7 Å². The number of para-hydroxylation sites is 1. The number of carbonyl (C=O) groups is 1. The minimum atomic E-state index is -0.0354. The first-order chi connectivity index (χ1) is 14.2. The molecule has 0 aliphatic rings. The highest BCUT2D eigenvalue weighted by molar-refractivity contribution is 7.17. The van der Waals surface area contributed by atoms with Crippen molar-refractivity contribution in [3.05, 3.63) is 47.1 Å². The third-order valence-electron chi connectivity index (χ3n) is 4.99. The number of H-pyrrole nitrogens is 1. The number of nitrogens with zero attached hydrogens (tertiary/aromatic N) is 1. The van der Waals surface area contributed by atoms with Gasteiger partial charge in [-0.15, -0.1) is 0 Å². The molecule has 0 spiro atoms. The van der Waals surface area contributed by atoms with E-state index in [1.54, 1.807) is 6.20 Å². The largest absolute Gasteiger partial charge is 0.361 e. The Hall–Kier alpha value is -2.38. The van der Waals surface area contributed by atoms with Crippen molar-refractivity contribution in [1.29, 1.82) is 0 Å². The predicted molar refractivity (Wildman–Crippen MR) is 122 cm³/mol. The van der Waals surface area contributed by atoms with Gasteiger partial charge in [0.2, 0.25) is 0 Å². The highest BCUT2D eigenvalue weighted by Gasteiger charge is 2.18. The van der Waals surface area contributed by atoms with Crippen LogP contribution in [0.2, 0.25) is 0 Å². The first-order valence-electron chi connectivity index (χ1n) is 10.4. The number of benzene rings is 1. The molecule has 0 saturated carbocycles. The monoisotopic (exact) mass is 413 g/mol. The second-order valence-corrected chi connectivity index (χ2v) is 8.32. The molecule has 1 atom stereocenters. The molecule has 0 radical (unpaired) electrons. The molecule has 7 heteroatoms. The Bertz CT molecular complexity index is 903. The number of amides is 1. The Morgan fingerprint density at radius 1 is 1.24 bits per heavy atom. The molecule has 3 rings (SSSR count). The average molecular weight is 414 g/mol. The highest BCUT2D eigenvalue weighted by atomic mass is 32.1. The number of nitrogens with one attached hydrogen (secondary N) is 4. The van der Waals surface area contributed by atoms with Crippen LogP contribution in [-0.4, -0.2) is 42.1 Å². The van der Waals surface area contributed by atoms with Crippen LogP contribution in [0, 0.1) is 0 Å². The smallest absolute Gasteiger partial charge is 0.263 e. The number of hydrogen-bond acceptors (Lipinski definition) is 5. The van der Waals surface area contributed by atoms with Gasteiger partial charge in [-0.05, 0) is 44.5 Å². The molecule has 1 amide bonds. The summed E-state index contributed by atoms with van der Waals surface area (Å²) >= 11 is 1.41. The van der Waals surface area contributed by atoms with E-state index >= 15 is 0 Å². The van der Waals surface area contributed by atoms with E-state index in [9.17, 15) is 4.79 Å². The molecular weight excluding hydrogens is 382 g/mol. The summed E-state index contributed by atoms with van der Waals surface area (Å²) in [4.78, 5) is 21.1. The summed E-state index contributed by atoms with van der Waals surface area (Å²) in [5.74, 6) is -0.0354. The minimum absolute atomic E-state index is 0.0354. The van der Waals surface area contributed by atoms with Gasteiger partial charge in [-0.1, -0.05) is 49.3 Å². The molecule has 29 heavy (non-hydrogen) atoms. The van der Waals surface area contributed by atoms with E-state index in [-0.39, 0.29) is 11.9 Å². The molecular formula is C22H31N5OS. The zero-order valence-electron chi connectivity index (χ0n) is 17.3. The van der Waals surface area contributed by atoms with Gasteiger partial charge in [-0.2, -0.15) is 0 Å². The molecule has 156 valence electrons. The van der Waals surface area contributed by atoms with Gasteiger partial charge in [-0.3, -0.25) is 4.79 Å². The second-order valence-electron chi connectivity index (χ2n) is 7.29. The van der Waals surface area contributed by atoms with Gasteiger partial charge >= 0.3 is 0 Å². The third kappa shape index (κ3) is 6.05. The topological polar surface area (TPSA) is 81.8 Å². The first-order valence-corrected chi connectivity index (χ1v) is 11.2. The Morgan fingerprint density at radius 2 is 2.10 bits per heavy atom. The molecule has 0 aliphatic heterocycles. The van der Waals surface area contributed by atoms with Gasteiger partial charge in [-0.25, -0.2) is 4.98 Å². The third-order valence-corrected chi connectivity index (χ3v) is 5.95. The zero-order valence-corrected chi connectivity index (χ0v) is 18.1. The van der Waals surface area contributed by atoms with Crippen LogP contribution >= 0.6 is 11.3 Å². The lowest BCUT2D eigenvalue weighted by molar-refractivity contribution is 0.0938. The maximum Gasteiger partial charge on any atom is 0.263 e. The Balaban J connectivity index is 1.62. The van der Waals surface area contributed by atoms with Gasteiger partial charge in [0.25, 0.3) is 5.91 Å². The standard InChI is InChI=1S/C22H31N5OS/c1-3-4-8-17(13-16-14-25-19-10-6-5-9-18(16)19)27-21(28)20-15-26-22(29-20)24-12-7-11-23-2/h5-6,9-10,14-15,17,23,25H,3-4,7-8,11-13H2,1-2H3,(H,24,26)(H,27,28). The lowest BCUT2D eigenvalue weighted by atomic mass is 10.0. The Morgan fingerprint density at radius 3 is 2.93 bits per heavy atom. The van der Waals surface area contributed by atoms with E-state index in [4.69, 9.17) is 0 Å². The number of carbonyl (C=O) groups excluding carboxylic acids is 1. The molecule has 0 saturated heterocycles. The number of unbranched alkanes of at least 4 members (excludes halogenated alkanes) is 1. The lowest BCUT2D eigenvalue weighted by Crippen LogP contribution is -2.36. The van der Waals surface area contributed by atoms with Crippen molar-refractivity contribution in [2.45, 2.75) is 45.1 Å². The van der Waals surface area contributed by atoms with Crippen LogP contribution in [0.4, 0.5) is 5.13 Å². The first kappa shape index (κ1) is 21.3. The van der Waals surface area contributed by atoms with E-state index in [0.717, 1.165) is 55.8 Å². The number of aromatic amines is 1. The zero-order chi connectivity index (χ0) is 20.5. The van der Waals surface area contributed by atoms with Crippen LogP contribution in [0.5, 0.6) is 0 Å². The van der Waals surface area contributed by atoms with E-state index in [1.807, 2.05) is 13.1 Å². The number of fused-ring (bicyclic) bond motifs is 1. The van der Waals surface area contributed by atoms with Crippen molar-refractivity contribution in [2.75, 3.05) is 25.5 Å². The van der Waals surface area contributed by atoms with Crippen LogP contribution in [0.3, 0.4) is 0 Å². The maximum absolute atomic E-state index is 12.8. The number of aromatic nitrogens is 2. The van der Waals surface area contributed by atoms with Gasteiger partial charge in [0.15, 0.2) is 5.13 Å². The van der Waals surface area contributed by atoms with Crippen molar-refractivity contribution in [2.24, 2.45) is 0 Å². The Kier molecular flexibility index (Phi) is 8.07. The molecule has 3 aromatic rings. The van der Waals surface area contributed by atoms with Gasteiger partial charge in [0.1, 0.15) is 4.88 Å². The number of anilines is 1. The summed E-state index contributed by atoms with van der Waals surface area (Å²) < 4.78 is 0. The molecule has 1 unspecified atom stereocenters. The van der Waals surface area contributed by atoms with E-state index < -0.39 is 0 Å². The molecule has 2 aromatic heterocycles. The van der Waals surface area contributed by atoms with E-state index in [2.05, 4.69) is 57.2 Å². The van der Waals surface area contributed by atoms with Crippen molar-refractivity contribution in [1.82, 2.24) is 20.6 Å². The summed E-state index contributed by atoms with van der Waals surface area (Å²) in [6.45, 7) is 3.98. The normalized spacial score (nSPS) is 12.2. The van der Waals surface area contributed by atoms with Crippen LogP contribution in [0.25, 0.3) is 10.9 Å². The highest BCUT2D eigenvalue weighted by Crippen LogP contribution is 2.22. The molecule has 6 nitrogen and oxygen atoms in total. The van der Waals surface area contributed by atoms with Gasteiger partial charge < -0.3 is 20.9 Å². The molecule has 0 aliphatic carbocycles. The molecule has 4 N–H and O–H groups in total. The molecule has 0 fully saturated rings.